The molecule has 1 saturated heterocycles. The van der Waals surface area contributed by atoms with Crippen LogP contribution in [-0.2, 0) is 19.1 Å². The van der Waals surface area contributed by atoms with Crippen molar-refractivity contribution in [2.24, 2.45) is 28.6 Å². The molecule has 3 saturated carbocycles. The van der Waals surface area contributed by atoms with Gasteiger partial charge in [-0.2, -0.15) is 0 Å². The normalized spacial score (nSPS) is 43.8. The zero-order valence-corrected chi connectivity index (χ0v) is 22.7. The number of carbonyl (C=O) groups is 2. The van der Waals surface area contributed by atoms with E-state index in [9.17, 15) is 14.7 Å². The maximum Gasteiger partial charge on any atom is 0.205 e. The molecule has 0 spiro atoms. The summed E-state index contributed by atoms with van der Waals surface area (Å²) in [7, 11) is 0. The Kier molecular flexibility index (Phi) is 5.63. The van der Waals surface area contributed by atoms with E-state index in [-0.39, 0.29) is 47.4 Å². The van der Waals surface area contributed by atoms with Crippen molar-refractivity contribution in [2.45, 2.75) is 96.7 Å². The molecule has 1 N–H and O–H groups in total. The third-order valence-corrected chi connectivity index (χ3v) is 10.7. The summed E-state index contributed by atoms with van der Waals surface area (Å²) >= 11 is 0. The summed E-state index contributed by atoms with van der Waals surface area (Å²) in [4.78, 5) is 26.4. The van der Waals surface area contributed by atoms with Gasteiger partial charge < -0.3 is 19.3 Å². The fourth-order valence-electron chi connectivity index (χ4n) is 9.17. The number of Topliss-reactive ketones (excluding diaryl/α,β-unsaturated/α-hetero) is 1. The van der Waals surface area contributed by atoms with Gasteiger partial charge in [0, 0.05) is 11.8 Å². The average Bonchev–Trinajstić information content (AvgIpc) is 3.24. The van der Waals surface area contributed by atoms with Crippen molar-refractivity contribution in [1.29, 1.82) is 0 Å². The lowest BCUT2D eigenvalue weighted by atomic mass is 9.45. The van der Waals surface area contributed by atoms with Crippen molar-refractivity contribution in [3.63, 3.8) is 0 Å². The van der Waals surface area contributed by atoms with Gasteiger partial charge in [-0.05, 0) is 94.3 Å². The summed E-state index contributed by atoms with van der Waals surface area (Å²) in [6, 6.07) is 7.69. The number of fused-ring (bicyclic) bond motifs is 7. The predicted octanol–water partition coefficient (Wildman–Crippen LogP) is 4.95. The number of rotatable bonds is 4. The van der Waals surface area contributed by atoms with Crippen LogP contribution in [0.15, 0.2) is 35.9 Å². The van der Waals surface area contributed by atoms with Crippen molar-refractivity contribution in [1.82, 2.24) is 0 Å². The third kappa shape index (κ3) is 3.55. The zero-order valence-electron chi connectivity index (χ0n) is 22.7. The number of hydrogen-bond acceptors (Lipinski definition) is 6. The van der Waals surface area contributed by atoms with Crippen LogP contribution < -0.4 is 4.74 Å². The lowest BCUT2D eigenvalue weighted by Crippen LogP contribution is -2.64. The monoisotopic (exact) mass is 508 g/mol. The van der Waals surface area contributed by atoms with E-state index < -0.39 is 22.9 Å². The van der Waals surface area contributed by atoms with Crippen LogP contribution in [-0.4, -0.2) is 46.9 Å². The van der Waals surface area contributed by atoms with Crippen LogP contribution in [0, 0.1) is 35.5 Å². The van der Waals surface area contributed by atoms with Gasteiger partial charge in [-0.3, -0.25) is 9.59 Å². The number of hydrogen-bond donors (Lipinski definition) is 1. The minimum absolute atomic E-state index is 0.0708. The second-order valence-corrected chi connectivity index (χ2v) is 13.2. The third-order valence-electron chi connectivity index (χ3n) is 10.7. The molecular formula is C31H40O6. The number of ether oxygens (including phenoxy) is 3. The first-order chi connectivity index (χ1) is 17.4. The number of aliphatic hydroxyl groups is 1. The molecule has 0 radical (unpaired) electrons. The Balaban J connectivity index is 1.35. The largest absolute Gasteiger partial charge is 0.486 e. The van der Waals surface area contributed by atoms with Gasteiger partial charge in [-0.1, -0.05) is 37.1 Å². The van der Waals surface area contributed by atoms with E-state index in [1.165, 1.54) is 5.57 Å². The van der Waals surface area contributed by atoms with Crippen molar-refractivity contribution < 1.29 is 28.9 Å². The van der Waals surface area contributed by atoms with Crippen LogP contribution in [0.25, 0.3) is 0 Å². The highest BCUT2D eigenvalue weighted by atomic mass is 16.8. The molecule has 8 atom stereocenters. The lowest BCUT2D eigenvalue weighted by Gasteiger charge is -2.60. The molecule has 6 rings (SSSR count). The molecule has 5 aliphatic rings. The molecule has 4 aliphatic carbocycles. The fourth-order valence-corrected chi connectivity index (χ4v) is 9.17. The second kappa shape index (κ2) is 8.24. The SMILES string of the molecule is Cc1ccc(OCC(=O)[C@@]23OC(C)(C)O[C@@H]2C[C@H]2[C@@H]4CCC5=CC(=O)CC[C@]5(C)[C@H]4[C@@H](O)C[C@@]23C)cc1. The van der Waals surface area contributed by atoms with Gasteiger partial charge in [-0.25, -0.2) is 0 Å². The molecule has 1 aromatic rings. The van der Waals surface area contributed by atoms with E-state index in [1.54, 1.807) is 0 Å². The van der Waals surface area contributed by atoms with Crippen LogP contribution >= 0.6 is 0 Å². The number of carbonyl (C=O) groups excluding carboxylic acids is 2. The Hall–Kier alpha value is -2.02. The number of aryl methyl sites for hydroxylation is 1. The van der Waals surface area contributed by atoms with Crippen LogP contribution in [0.4, 0.5) is 0 Å². The number of allylic oxidation sites excluding steroid dienone is 1. The second-order valence-electron chi connectivity index (χ2n) is 13.2. The van der Waals surface area contributed by atoms with Gasteiger partial charge in [0.15, 0.2) is 17.2 Å². The zero-order chi connectivity index (χ0) is 26.4. The molecule has 4 fully saturated rings. The summed E-state index contributed by atoms with van der Waals surface area (Å²) in [5, 5.41) is 11.8. The summed E-state index contributed by atoms with van der Waals surface area (Å²) in [5.41, 5.74) is 0.406. The maximum absolute atomic E-state index is 14.2. The Labute approximate surface area is 219 Å². The van der Waals surface area contributed by atoms with Crippen molar-refractivity contribution >= 4 is 11.6 Å². The van der Waals surface area contributed by atoms with Gasteiger partial charge in [0.2, 0.25) is 5.78 Å². The van der Waals surface area contributed by atoms with Gasteiger partial charge in [0.05, 0.1) is 12.2 Å². The van der Waals surface area contributed by atoms with Crippen LogP contribution in [0.1, 0.15) is 71.8 Å². The molecule has 0 bridgehead atoms. The number of aliphatic hydroxyl groups excluding tert-OH is 1. The molecule has 1 aromatic carbocycles. The Morgan fingerprint density at radius 2 is 1.86 bits per heavy atom. The quantitative estimate of drug-likeness (QED) is 0.620. The smallest absolute Gasteiger partial charge is 0.205 e. The summed E-state index contributed by atoms with van der Waals surface area (Å²) in [6.07, 6.45) is 5.22. The van der Waals surface area contributed by atoms with E-state index in [0.29, 0.717) is 18.6 Å². The standard InChI is InChI=1S/C31H40O6/c1-18-6-9-21(10-7-18)35-17-25(34)31-26(36-28(2,3)37-31)15-23-22-11-8-19-14-20(32)12-13-29(19,4)27(22)24(33)16-30(23,31)5/h6-7,9-10,14,22-24,26-27,33H,8,11-13,15-17H2,1-5H3/t22-,23-,24-,26+,27+,29-,30-,31+/m0/s1. The van der Waals surface area contributed by atoms with Crippen molar-refractivity contribution in [3.8, 4) is 5.75 Å². The molecule has 0 amide bonds. The molecule has 6 nitrogen and oxygen atoms in total. The van der Waals surface area contributed by atoms with Crippen molar-refractivity contribution in [2.75, 3.05) is 6.61 Å². The van der Waals surface area contributed by atoms with Crippen LogP contribution in [0.3, 0.4) is 0 Å². The number of benzene rings is 1. The van der Waals surface area contributed by atoms with E-state index in [1.807, 2.05) is 51.1 Å². The minimum atomic E-state index is -1.17. The molecule has 0 aromatic heterocycles. The Bertz CT molecular complexity index is 1150. The van der Waals surface area contributed by atoms with Crippen molar-refractivity contribution in [3.05, 3.63) is 41.5 Å². The summed E-state index contributed by atoms with van der Waals surface area (Å²) in [6.45, 7) is 10.1. The van der Waals surface area contributed by atoms with Gasteiger partial charge in [0.25, 0.3) is 0 Å². The highest BCUT2D eigenvalue weighted by Crippen LogP contribution is 2.70. The molecule has 1 aliphatic heterocycles. The van der Waals surface area contributed by atoms with Gasteiger partial charge in [-0.15, -0.1) is 0 Å². The van der Waals surface area contributed by atoms with E-state index >= 15 is 0 Å². The van der Waals surface area contributed by atoms with Crippen LogP contribution in [0.5, 0.6) is 5.75 Å². The Morgan fingerprint density at radius 3 is 2.59 bits per heavy atom. The van der Waals surface area contributed by atoms with E-state index in [4.69, 9.17) is 14.2 Å². The Morgan fingerprint density at radius 1 is 1.14 bits per heavy atom. The van der Waals surface area contributed by atoms with Gasteiger partial charge in [0.1, 0.15) is 12.4 Å². The van der Waals surface area contributed by atoms with Gasteiger partial charge >= 0.3 is 0 Å². The average molecular weight is 509 g/mol. The minimum Gasteiger partial charge on any atom is -0.486 e. The topological polar surface area (TPSA) is 82.1 Å². The van der Waals surface area contributed by atoms with E-state index in [0.717, 1.165) is 31.2 Å². The molecular weight excluding hydrogens is 468 g/mol. The molecule has 200 valence electrons. The summed E-state index contributed by atoms with van der Waals surface area (Å²) in [5.74, 6) is 0.359. The summed E-state index contributed by atoms with van der Waals surface area (Å²) < 4.78 is 19.1. The van der Waals surface area contributed by atoms with E-state index in [2.05, 4.69) is 13.8 Å². The highest BCUT2D eigenvalue weighted by molar-refractivity contribution is 5.92. The lowest BCUT2D eigenvalue weighted by molar-refractivity contribution is -0.227. The predicted molar refractivity (Wildman–Crippen MR) is 138 cm³/mol. The first-order valence-electron chi connectivity index (χ1n) is 13.9. The first kappa shape index (κ1) is 25.3. The molecule has 37 heavy (non-hydrogen) atoms. The molecule has 0 unspecified atom stereocenters. The number of ketones is 2. The molecule has 1 heterocycles. The first-order valence-corrected chi connectivity index (χ1v) is 13.9. The highest BCUT2D eigenvalue weighted by Gasteiger charge is 2.77. The van der Waals surface area contributed by atoms with Crippen LogP contribution in [0.2, 0.25) is 0 Å². The fraction of sp³-hybridized carbons (Fsp3) is 0.677. The molecule has 6 heteroatoms. The maximum atomic E-state index is 14.2.